The average molecular weight is 319 g/mol. The molecule has 0 spiro atoms. The number of anilines is 2. The van der Waals surface area contributed by atoms with Gasteiger partial charge in [-0.1, -0.05) is 34.1 Å². The Morgan fingerprint density at radius 1 is 1.05 bits per heavy atom. The van der Waals surface area contributed by atoms with Crippen LogP contribution in [0, 0.1) is 6.92 Å². The van der Waals surface area contributed by atoms with Crippen LogP contribution in [0.2, 0.25) is 0 Å². The smallest absolute Gasteiger partial charge is 0.0393 e. The minimum Gasteiger partial charge on any atom is -0.383 e. The lowest BCUT2D eigenvalue weighted by molar-refractivity contribution is 0.910. The van der Waals surface area contributed by atoms with Gasteiger partial charge in [-0.2, -0.15) is 0 Å². The zero-order valence-electron chi connectivity index (χ0n) is 11.4. The maximum absolute atomic E-state index is 3.44. The number of hydrogen-bond acceptors (Lipinski definition) is 2. The molecule has 0 saturated heterocycles. The molecule has 2 rings (SSSR count). The largest absolute Gasteiger partial charge is 0.383 e. The quantitative estimate of drug-likeness (QED) is 0.883. The van der Waals surface area contributed by atoms with Crippen molar-refractivity contribution in [1.82, 2.24) is 0 Å². The second kappa shape index (κ2) is 6.62. The van der Waals surface area contributed by atoms with Crippen molar-refractivity contribution in [2.24, 2.45) is 0 Å². The molecule has 0 fully saturated rings. The van der Waals surface area contributed by atoms with Crippen LogP contribution in [-0.4, -0.2) is 20.1 Å². The number of nitrogens with zero attached hydrogens (tertiary/aromatic N) is 1. The van der Waals surface area contributed by atoms with Gasteiger partial charge < -0.3 is 10.2 Å². The molecule has 2 nitrogen and oxygen atoms in total. The van der Waals surface area contributed by atoms with Crippen molar-refractivity contribution in [3.63, 3.8) is 0 Å². The van der Waals surface area contributed by atoms with Crippen molar-refractivity contribution in [3.05, 3.63) is 58.6 Å². The Hall–Kier alpha value is -1.48. The molecule has 0 unspecified atom stereocenters. The Labute approximate surface area is 123 Å². The third kappa shape index (κ3) is 4.00. The molecular weight excluding hydrogens is 300 g/mol. The van der Waals surface area contributed by atoms with E-state index in [0.717, 1.165) is 23.2 Å². The topological polar surface area (TPSA) is 15.3 Å². The van der Waals surface area contributed by atoms with Crippen molar-refractivity contribution in [2.45, 2.75) is 6.92 Å². The number of hydrogen-bond donors (Lipinski definition) is 1. The number of nitrogens with one attached hydrogen (secondary N) is 1. The van der Waals surface area contributed by atoms with Crippen molar-refractivity contribution in [1.29, 1.82) is 0 Å². The summed E-state index contributed by atoms with van der Waals surface area (Å²) >= 11 is 3.44. The molecule has 0 bridgehead atoms. The summed E-state index contributed by atoms with van der Waals surface area (Å²) in [4.78, 5) is 2.28. The van der Waals surface area contributed by atoms with Crippen LogP contribution in [0.1, 0.15) is 5.56 Å². The van der Waals surface area contributed by atoms with E-state index >= 15 is 0 Å². The number of likely N-dealkylation sites (N-methyl/N-ethyl adjacent to an activating group) is 1. The maximum atomic E-state index is 3.44. The summed E-state index contributed by atoms with van der Waals surface area (Å²) < 4.78 is 1.11. The first-order chi connectivity index (χ1) is 9.16. The summed E-state index contributed by atoms with van der Waals surface area (Å²) in [5.41, 5.74) is 3.76. The molecule has 0 amide bonds. The lowest BCUT2D eigenvalue weighted by atomic mass is 10.2. The van der Waals surface area contributed by atoms with Gasteiger partial charge in [0.1, 0.15) is 0 Å². The summed E-state index contributed by atoms with van der Waals surface area (Å²) in [5, 5.41) is 3.43. The predicted molar refractivity (Wildman–Crippen MR) is 87.1 cm³/mol. The van der Waals surface area contributed by atoms with Gasteiger partial charge in [-0.3, -0.25) is 0 Å². The molecule has 0 aromatic heterocycles. The first kappa shape index (κ1) is 13.9. The van der Waals surface area contributed by atoms with Gasteiger partial charge in [-0.25, -0.2) is 0 Å². The predicted octanol–water partition coefficient (Wildman–Crippen LogP) is 4.31. The van der Waals surface area contributed by atoms with Crippen LogP contribution in [0.4, 0.5) is 11.4 Å². The summed E-state index contributed by atoms with van der Waals surface area (Å²) in [7, 11) is 2.13. The standard InChI is InChI=1S/C16H19BrN2/c1-13-5-3-4-6-16(13)19(2)12-11-18-15-9-7-14(17)8-10-15/h3-10,18H,11-12H2,1-2H3. The Morgan fingerprint density at radius 2 is 1.74 bits per heavy atom. The maximum Gasteiger partial charge on any atom is 0.0393 e. The number of para-hydroxylation sites is 1. The Morgan fingerprint density at radius 3 is 2.42 bits per heavy atom. The number of rotatable bonds is 5. The lowest BCUT2D eigenvalue weighted by Gasteiger charge is -2.21. The Bertz CT molecular complexity index is 523. The zero-order chi connectivity index (χ0) is 13.7. The molecule has 0 saturated carbocycles. The van der Waals surface area contributed by atoms with E-state index in [1.165, 1.54) is 11.3 Å². The van der Waals surface area contributed by atoms with Gasteiger partial charge in [-0.05, 0) is 42.8 Å². The van der Waals surface area contributed by atoms with Crippen LogP contribution in [0.15, 0.2) is 53.0 Å². The SMILES string of the molecule is Cc1ccccc1N(C)CCNc1ccc(Br)cc1. The van der Waals surface area contributed by atoms with E-state index in [1.807, 2.05) is 12.1 Å². The highest BCUT2D eigenvalue weighted by molar-refractivity contribution is 9.10. The Balaban J connectivity index is 1.86. The number of aryl methyl sites for hydroxylation is 1. The van der Waals surface area contributed by atoms with Crippen LogP contribution in [0.25, 0.3) is 0 Å². The minimum atomic E-state index is 0.923. The van der Waals surface area contributed by atoms with Gasteiger partial charge in [0.15, 0.2) is 0 Å². The Kier molecular flexibility index (Phi) is 4.86. The molecule has 2 aromatic carbocycles. The molecule has 0 atom stereocenters. The molecule has 3 heteroatoms. The second-order valence-electron chi connectivity index (χ2n) is 4.64. The molecule has 0 radical (unpaired) electrons. The molecule has 2 aromatic rings. The van der Waals surface area contributed by atoms with Gasteiger partial charge in [-0.15, -0.1) is 0 Å². The van der Waals surface area contributed by atoms with Gasteiger partial charge in [0, 0.05) is 36.0 Å². The fourth-order valence-corrected chi connectivity index (χ4v) is 2.31. The van der Waals surface area contributed by atoms with Gasteiger partial charge >= 0.3 is 0 Å². The third-order valence-electron chi connectivity index (χ3n) is 3.15. The zero-order valence-corrected chi connectivity index (χ0v) is 12.9. The first-order valence-corrected chi connectivity index (χ1v) is 7.22. The number of benzene rings is 2. The lowest BCUT2D eigenvalue weighted by Crippen LogP contribution is -2.25. The van der Waals surface area contributed by atoms with E-state index in [2.05, 4.69) is 76.5 Å². The van der Waals surface area contributed by atoms with Crippen molar-refractivity contribution >= 4 is 27.3 Å². The van der Waals surface area contributed by atoms with E-state index in [-0.39, 0.29) is 0 Å². The van der Waals surface area contributed by atoms with Crippen LogP contribution in [0.3, 0.4) is 0 Å². The number of halogens is 1. The van der Waals surface area contributed by atoms with Crippen LogP contribution < -0.4 is 10.2 Å². The highest BCUT2D eigenvalue weighted by Crippen LogP contribution is 2.17. The third-order valence-corrected chi connectivity index (χ3v) is 3.68. The summed E-state index contributed by atoms with van der Waals surface area (Å²) in [6.07, 6.45) is 0. The van der Waals surface area contributed by atoms with E-state index in [4.69, 9.17) is 0 Å². The highest BCUT2D eigenvalue weighted by Gasteiger charge is 2.02. The molecule has 1 N–H and O–H groups in total. The van der Waals surface area contributed by atoms with Gasteiger partial charge in [0.05, 0.1) is 0 Å². The van der Waals surface area contributed by atoms with Crippen LogP contribution in [-0.2, 0) is 0 Å². The van der Waals surface area contributed by atoms with E-state index < -0.39 is 0 Å². The minimum absolute atomic E-state index is 0.923. The van der Waals surface area contributed by atoms with E-state index in [0.29, 0.717) is 0 Å². The fraction of sp³-hybridized carbons (Fsp3) is 0.250. The molecule has 0 aliphatic heterocycles. The molecular formula is C16H19BrN2. The molecule has 100 valence electrons. The fourth-order valence-electron chi connectivity index (χ4n) is 2.05. The van der Waals surface area contributed by atoms with E-state index in [1.54, 1.807) is 0 Å². The average Bonchev–Trinajstić information content (AvgIpc) is 2.41. The van der Waals surface area contributed by atoms with Crippen LogP contribution >= 0.6 is 15.9 Å². The second-order valence-corrected chi connectivity index (χ2v) is 5.56. The monoisotopic (exact) mass is 318 g/mol. The van der Waals surface area contributed by atoms with Crippen molar-refractivity contribution in [2.75, 3.05) is 30.4 Å². The molecule has 0 aliphatic carbocycles. The van der Waals surface area contributed by atoms with E-state index in [9.17, 15) is 0 Å². The molecule has 19 heavy (non-hydrogen) atoms. The summed E-state index contributed by atoms with van der Waals surface area (Å²) in [5.74, 6) is 0. The molecule has 0 heterocycles. The van der Waals surface area contributed by atoms with Gasteiger partial charge in [0.25, 0.3) is 0 Å². The van der Waals surface area contributed by atoms with Crippen molar-refractivity contribution in [3.8, 4) is 0 Å². The van der Waals surface area contributed by atoms with Crippen molar-refractivity contribution < 1.29 is 0 Å². The summed E-state index contributed by atoms with van der Waals surface area (Å²) in [6, 6.07) is 16.7. The summed E-state index contributed by atoms with van der Waals surface area (Å²) in [6.45, 7) is 4.04. The molecule has 0 aliphatic rings. The highest BCUT2D eigenvalue weighted by atomic mass is 79.9. The normalized spacial score (nSPS) is 10.3. The first-order valence-electron chi connectivity index (χ1n) is 6.43. The van der Waals surface area contributed by atoms with Crippen LogP contribution in [0.5, 0.6) is 0 Å². The van der Waals surface area contributed by atoms with Gasteiger partial charge in [0.2, 0.25) is 0 Å².